The van der Waals surface area contributed by atoms with E-state index in [0.717, 1.165) is 12.1 Å². The number of ether oxygens (including phenoxy) is 2. The van der Waals surface area contributed by atoms with Gasteiger partial charge in [-0.05, 0) is 36.8 Å². The SMILES string of the molecule is CCOC(=O)C1=C(N)Oc2c(c(=O)oc3ccccc23)[C@H]1c1cc(F)cc(F)c1. The van der Waals surface area contributed by atoms with Gasteiger partial charge in [-0.3, -0.25) is 0 Å². The molecule has 0 bridgehead atoms. The van der Waals surface area contributed by atoms with Crippen LogP contribution in [0.1, 0.15) is 24.0 Å². The predicted octanol–water partition coefficient (Wildman–Crippen LogP) is 3.33. The Balaban J connectivity index is 2.07. The molecule has 4 rings (SSSR count). The van der Waals surface area contributed by atoms with E-state index in [1.165, 1.54) is 0 Å². The average Bonchev–Trinajstić information content (AvgIpc) is 2.66. The van der Waals surface area contributed by atoms with E-state index in [1.54, 1.807) is 31.2 Å². The van der Waals surface area contributed by atoms with Gasteiger partial charge in [0.15, 0.2) is 5.75 Å². The van der Waals surface area contributed by atoms with E-state index < -0.39 is 29.1 Å². The van der Waals surface area contributed by atoms with Crippen LogP contribution in [0.4, 0.5) is 8.78 Å². The van der Waals surface area contributed by atoms with Crippen molar-refractivity contribution in [2.24, 2.45) is 5.73 Å². The molecule has 0 saturated carbocycles. The van der Waals surface area contributed by atoms with Crippen LogP contribution in [-0.2, 0) is 9.53 Å². The summed E-state index contributed by atoms with van der Waals surface area (Å²) >= 11 is 0. The van der Waals surface area contributed by atoms with Crippen molar-refractivity contribution in [2.75, 3.05) is 6.61 Å². The van der Waals surface area contributed by atoms with Crippen LogP contribution < -0.4 is 16.1 Å². The Labute approximate surface area is 163 Å². The number of hydrogen-bond acceptors (Lipinski definition) is 6. The minimum Gasteiger partial charge on any atom is -0.462 e. The molecule has 1 aliphatic rings. The van der Waals surface area contributed by atoms with Crippen LogP contribution in [0.2, 0.25) is 0 Å². The van der Waals surface area contributed by atoms with E-state index in [9.17, 15) is 18.4 Å². The zero-order valence-electron chi connectivity index (χ0n) is 15.2. The summed E-state index contributed by atoms with van der Waals surface area (Å²) in [7, 11) is 0. The van der Waals surface area contributed by atoms with Crippen LogP contribution in [0.3, 0.4) is 0 Å². The number of carbonyl (C=O) groups excluding carboxylic acids is 1. The van der Waals surface area contributed by atoms with Gasteiger partial charge >= 0.3 is 11.6 Å². The molecule has 6 nitrogen and oxygen atoms in total. The summed E-state index contributed by atoms with van der Waals surface area (Å²) in [6, 6.07) is 9.30. The van der Waals surface area contributed by atoms with Gasteiger partial charge in [-0.1, -0.05) is 12.1 Å². The molecule has 0 radical (unpaired) electrons. The molecule has 0 amide bonds. The Hall–Kier alpha value is -3.68. The smallest absolute Gasteiger partial charge is 0.344 e. The number of halogens is 2. The zero-order valence-corrected chi connectivity index (χ0v) is 15.2. The van der Waals surface area contributed by atoms with Crippen LogP contribution in [0, 0.1) is 11.6 Å². The number of esters is 1. The molecule has 3 aromatic rings. The molecule has 0 aliphatic carbocycles. The first kappa shape index (κ1) is 18.7. The van der Waals surface area contributed by atoms with Gasteiger partial charge in [0.2, 0.25) is 5.88 Å². The van der Waals surface area contributed by atoms with Crippen molar-refractivity contribution in [1.82, 2.24) is 0 Å². The van der Waals surface area contributed by atoms with Gasteiger partial charge < -0.3 is 19.6 Å². The molecular weight excluding hydrogens is 384 g/mol. The third-order valence-electron chi connectivity index (χ3n) is 4.57. The highest BCUT2D eigenvalue weighted by Gasteiger charge is 2.39. The number of nitrogens with two attached hydrogens (primary N) is 1. The second kappa shape index (κ2) is 7.05. The van der Waals surface area contributed by atoms with Gasteiger partial charge in [0.25, 0.3) is 0 Å². The minimum atomic E-state index is -1.23. The van der Waals surface area contributed by atoms with Crippen molar-refractivity contribution in [3.63, 3.8) is 0 Å². The number of carbonyl (C=O) groups is 1. The summed E-state index contributed by atoms with van der Waals surface area (Å²) in [5, 5.41) is 0.426. The monoisotopic (exact) mass is 399 g/mol. The molecule has 8 heteroatoms. The topological polar surface area (TPSA) is 91.8 Å². The van der Waals surface area contributed by atoms with Gasteiger partial charge in [0, 0.05) is 6.07 Å². The van der Waals surface area contributed by atoms with E-state index in [2.05, 4.69) is 0 Å². The van der Waals surface area contributed by atoms with E-state index in [4.69, 9.17) is 19.6 Å². The normalized spacial score (nSPS) is 15.8. The van der Waals surface area contributed by atoms with Crippen molar-refractivity contribution in [3.8, 4) is 5.75 Å². The van der Waals surface area contributed by atoms with Gasteiger partial charge in [0.05, 0.1) is 23.5 Å². The van der Waals surface area contributed by atoms with E-state index >= 15 is 0 Å². The summed E-state index contributed by atoms with van der Waals surface area (Å²) in [5.41, 5.74) is 5.11. The highest BCUT2D eigenvalue weighted by Crippen LogP contribution is 2.44. The zero-order chi connectivity index (χ0) is 20.7. The fourth-order valence-corrected chi connectivity index (χ4v) is 3.45. The first-order chi connectivity index (χ1) is 13.9. The number of benzene rings is 2. The standard InChI is InChI=1S/C21H15F2NO5/c1-2-27-20(25)17-15(10-7-11(22)9-12(23)8-10)16-18(29-19(17)24)13-5-3-4-6-14(13)28-21(16)26/h3-9,15H,2,24H2,1H3/t15-/m1/s1. The average molecular weight is 399 g/mol. The highest BCUT2D eigenvalue weighted by molar-refractivity contribution is 5.94. The lowest BCUT2D eigenvalue weighted by Gasteiger charge is -2.28. The molecule has 0 spiro atoms. The van der Waals surface area contributed by atoms with Crippen molar-refractivity contribution in [2.45, 2.75) is 12.8 Å². The Morgan fingerprint density at radius 1 is 1.17 bits per heavy atom. The van der Waals surface area contributed by atoms with Crippen LogP contribution >= 0.6 is 0 Å². The third kappa shape index (κ3) is 3.12. The molecule has 2 aromatic carbocycles. The number of fused-ring (bicyclic) bond motifs is 3. The number of hydrogen-bond donors (Lipinski definition) is 1. The molecule has 148 valence electrons. The summed E-state index contributed by atoms with van der Waals surface area (Å²) in [5.74, 6) is -4.10. The van der Waals surface area contributed by atoms with Crippen molar-refractivity contribution < 1.29 is 27.5 Å². The van der Waals surface area contributed by atoms with Crippen LogP contribution in [0.25, 0.3) is 11.0 Å². The van der Waals surface area contributed by atoms with E-state index in [0.29, 0.717) is 11.5 Å². The molecule has 29 heavy (non-hydrogen) atoms. The number of rotatable bonds is 3. The molecule has 0 fully saturated rings. The maximum atomic E-state index is 13.9. The molecule has 1 aliphatic heterocycles. The first-order valence-corrected chi connectivity index (χ1v) is 8.77. The summed E-state index contributed by atoms with van der Waals surface area (Å²) in [4.78, 5) is 25.4. The van der Waals surface area contributed by atoms with E-state index in [-0.39, 0.29) is 40.5 Å². The molecule has 1 atom stereocenters. The molecular formula is C21H15F2NO5. The van der Waals surface area contributed by atoms with Crippen LogP contribution in [0.5, 0.6) is 5.75 Å². The molecule has 0 saturated heterocycles. The van der Waals surface area contributed by atoms with Crippen molar-refractivity contribution in [3.05, 3.63) is 87.1 Å². The second-order valence-corrected chi connectivity index (χ2v) is 6.36. The lowest BCUT2D eigenvalue weighted by molar-refractivity contribution is -0.139. The Kier molecular flexibility index (Phi) is 4.54. The quantitative estimate of drug-likeness (QED) is 0.537. The molecule has 2 heterocycles. The van der Waals surface area contributed by atoms with Gasteiger partial charge in [-0.25, -0.2) is 18.4 Å². The maximum absolute atomic E-state index is 13.9. The number of para-hydroxylation sites is 1. The molecule has 1 aromatic heterocycles. The van der Waals surface area contributed by atoms with Crippen molar-refractivity contribution >= 4 is 16.9 Å². The first-order valence-electron chi connectivity index (χ1n) is 8.77. The van der Waals surface area contributed by atoms with Crippen LogP contribution in [-0.4, -0.2) is 12.6 Å². The lowest BCUT2D eigenvalue weighted by atomic mass is 9.83. The van der Waals surface area contributed by atoms with Gasteiger partial charge in [0.1, 0.15) is 22.8 Å². The largest absolute Gasteiger partial charge is 0.462 e. The molecule has 0 unspecified atom stereocenters. The Morgan fingerprint density at radius 3 is 2.55 bits per heavy atom. The summed E-state index contributed by atoms with van der Waals surface area (Å²) in [6.07, 6.45) is 0. The lowest BCUT2D eigenvalue weighted by Crippen LogP contribution is -2.31. The Morgan fingerprint density at radius 2 is 1.86 bits per heavy atom. The maximum Gasteiger partial charge on any atom is 0.344 e. The Bertz CT molecular complexity index is 1210. The fourth-order valence-electron chi connectivity index (χ4n) is 3.45. The second-order valence-electron chi connectivity index (χ2n) is 6.36. The highest BCUT2D eigenvalue weighted by atomic mass is 19.1. The molecule has 2 N–H and O–H groups in total. The third-order valence-corrected chi connectivity index (χ3v) is 4.57. The predicted molar refractivity (Wildman–Crippen MR) is 99.2 cm³/mol. The van der Waals surface area contributed by atoms with E-state index in [1.807, 2.05) is 0 Å². The fraction of sp³-hybridized carbons (Fsp3) is 0.143. The van der Waals surface area contributed by atoms with Crippen molar-refractivity contribution in [1.29, 1.82) is 0 Å². The van der Waals surface area contributed by atoms with Gasteiger partial charge in [-0.15, -0.1) is 0 Å². The summed E-state index contributed by atoms with van der Waals surface area (Å²) < 4.78 is 43.9. The summed E-state index contributed by atoms with van der Waals surface area (Å²) in [6.45, 7) is 1.62. The minimum absolute atomic E-state index is 0.000587. The van der Waals surface area contributed by atoms with Crippen LogP contribution in [0.15, 0.2) is 63.1 Å². The van der Waals surface area contributed by atoms with Gasteiger partial charge in [-0.2, -0.15) is 0 Å².